The first-order valence-electron chi connectivity index (χ1n) is 7.80. The van der Waals surface area contributed by atoms with Crippen molar-refractivity contribution in [3.8, 4) is 0 Å². The summed E-state index contributed by atoms with van der Waals surface area (Å²) >= 11 is 0. The molecule has 19 heavy (non-hydrogen) atoms. The van der Waals surface area contributed by atoms with Crippen LogP contribution in [0.1, 0.15) is 62.1 Å². The van der Waals surface area contributed by atoms with Crippen LogP contribution in [0.25, 0.3) is 0 Å². The SMILES string of the molecule is CC.CCOCC(=O)NCCCCCCCCNC.[HH].[HH]. The van der Waals surface area contributed by atoms with Crippen molar-refractivity contribution in [2.45, 2.75) is 59.3 Å². The minimum atomic E-state index is 0. The van der Waals surface area contributed by atoms with Crippen molar-refractivity contribution in [3.63, 3.8) is 0 Å². The molecule has 0 unspecified atom stereocenters. The predicted octanol–water partition coefficient (Wildman–Crippen LogP) is 3.22. The largest absolute Gasteiger partial charge is 0.372 e. The average Bonchev–Trinajstić information content (AvgIpc) is 2.45. The molecule has 0 saturated carbocycles. The van der Waals surface area contributed by atoms with Crippen molar-refractivity contribution in [1.82, 2.24) is 10.6 Å². The zero-order valence-electron chi connectivity index (χ0n) is 13.4. The monoisotopic (exact) mass is 278 g/mol. The Morgan fingerprint density at radius 3 is 2.05 bits per heavy atom. The number of carbonyl (C=O) groups is 1. The highest BCUT2D eigenvalue weighted by Crippen LogP contribution is 2.04. The van der Waals surface area contributed by atoms with E-state index in [-0.39, 0.29) is 15.4 Å². The van der Waals surface area contributed by atoms with E-state index in [2.05, 4.69) is 10.6 Å². The van der Waals surface area contributed by atoms with Gasteiger partial charge in [-0.2, -0.15) is 0 Å². The van der Waals surface area contributed by atoms with Crippen LogP contribution in [0.2, 0.25) is 0 Å². The highest BCUT2D eigenvalue weighted by Gasteiger charge is 1.98. The molecule has 0 aromatic rings. The van der Waals surface area contributed by atoms with Crippen LogP contribution in [0.15, 0.2) is 0 Å². The fourth-order valence-electron chi connectivity index (χ4n) is 1.61. The van der Waals surface area contributed by atoms with Crippen LogP contribution in [-0.4, -0.2) is 39.3 Å². The Kier molecular flexibility index (Phi) is 21.5. The highest BCUT2D eigenvalue weighted by molar-refractivity contribution is 5.77. The first kappa shape index (κ1) is 20.7. The van der Waals surface area contributed by atoms with Gasteiger partial charge in [0.05, 0.1) is 0 Å². The maximum atomic E-state index is 11.2. The molecule has 0 rings (SSSR count). The normalized spacial score (nSPS) is 9.68. The quantitative estimate of drug-likeness (QED) is 0.539. The summed E-state index contributed by atoms with van der Waals surface area (Å²) in [5, 5.41) is 6.00. The van der Waals surface area contributed by atoms with Gasteiger partial charge in [-0.05, 0) is 33.4 Å². The number of hydrogen-bond acceptors (Lipinski definition) is 3. The van der Waals surface area contributed by atoms with Gasteiger partial charge in [0.15, 0.2) is 0 Å². The van der Waals surface area contributed by atoms with Gasteiger partial charge < -0.3 is 15.4 Å². The van der Waals surface area contributed by atoms with E-state index >= 15 is 0 Å². The van der Waals surface area contributed by atoms with Crippen molar-refractivity contribution in [3.05, 3.63) is 0 Å². The second-order valence-corrected chi connectivity index (χ2v) is 4.21. The molecule has 1 amide bonds. The molecular weight excluding hydrogens is 240 g/mol. The van der Waals surface area contributed by atoms with Crippen LogP contribution in [0.3, 0.4) is 0 Å². The Labute approximate surface area is 122 Å². The van der Waals surface area contributed by atoms with Gasteiger partial charge in [-0.1, -0.05) is 39.5 Å². The lowest BCUT2D eigenvalue weighted by Crippen LogP contribution is -2.28. The second-order valence-electron chi connectivity index (χ2n) is 4.21. The van der Waals surface area contributed by atoms with Gasteiger partial charge >= 0.3 is 0 Å². The number of nitrogens with one attached hydrogen (secondary N) is 2. The summed E-state index contributed by atoms with van der Waals surface area (Å²) in [6.45, 7) is 8.58. The lowest BCUT2D eigenvalue weighted by atomic mass is 10.1. The molecule has 0 aliphatic rings. The summed E-state index contributed by atoms with van der Waals surface area (Å²) in [5.74, 6) is 0.000806. The van der Waals surface area contributed by atoms with E-state index in [1.807, 2.05) is 27.8 Å². The lowest BCUT2D eigenvalue weighted by Gasteiger charge is -2.05. The zero-order valence-corrected chi connectivity index (χ0v) is 13.4. The molecule has 0 aromatic heterocycles. The Bertz CT molecular complexity index is 185. The molecule has 4 nitrogen and oxygen atoms in total. The first-order valence-corrected chi connectivity index (χ1v) is 7.80. The summed E-state index contributed by atoms with van der Waals surface area (Å²) in [4.78, 5) is 11.2. The topological polar surface area (TPSA) is 50.4 Å². The predicted molar refractivity (Wildman–Crippen MR) is 86.7 cm³/mol. The van der Waals surface area contributed by atoms with E-state index in [0.717, 1.165) is 19.5 Å². The van der Waals surface area contributed by atoms with Crippen molar-refractivity contribution in [2.75, 3.05) is 33.4 Å². The lowest BCUT2D eigenvalue weighted by molar-refractivity contribution is -0.125. The fraction of sp³-hybridized carbons (Fsp3) is 0.933. The van der Waals surface area contributed by atoms with Gasteiger partial charge in [-0.25, -0.2) is 0 Å². The molecule has 0 fully saturated rings. The molecule has 0 aliphatic heterocycles. The van der Waals surface area contributed by atoms with E-state index in [4.69, 9.17) is 4.74 Å². The van der Waals surface area contributed by atoms with E-state index in [9.17, 15) is 4.79 Å². The number of amides is 1. The average molecular weight is 278 g/mol. The molecule has 120 valence electrons. The van der Waals surface area contributed by atoms with Gasteiger partial charge in [-0.3, -0.25) is 4.79 Å². The van der Waals surface area contributed by atoms with Crippen LogP contribution in [-0.2, 0) is 9.53 Å². The van der Waals surface area contributed by atoms with Crippen molar-refractivity contribution < 1.29 is 12.4 Å². The standard InChI is InChI=1S/C13H28N2O2.C2H6.2H2/c1-3-17-12-13(16)15-11-9-7-5-4-6-8-10-14-2;1-2;;/h14H,3-12H2,1-2H3,(H,15,16);1-2H3;2*1H. The third kappa shape index (κ3) is 19.9. The molecule has 0 radical (unpaired) electrons. The molecular formula is C15H38N2O2. The van der Waals surface area contributed by atoms with Gasteiger partial charge in [0.25, 0.3) is 0 Å². The Morgan fingerprint density at radius 2 is 1.53 bits per heavy atom. The van der Waals surface area contributed by atoms with Gasteiger partial charge in [-0.15, -0.1) is 0 Å². The third-order valence-electron chi connectivity index (χ3n) is 2.61. The van der Waals surface area contributed by atoms with Crippen molar-refractivity contribution >= 4 is 5.91 Å². The maximum Gasteiger partial charge on any atom is 0.245 e. The smallest absolute Gasteiger partial charge is 0.245 e. The summed E-state index contributed by atoms with van der Waals surface area (Å²) in [5.41, 5.74) is 0. The molecule has 2 N–H and O–H groups in total. The maximum absolute atomic E-state index is 11.2. The van der Waals surface area contributed by atoms with Crippen LogP contribution in [0, 0.1) is 0 Å². The second kappa shape index (κ2) is 19.7. The molecule has 0 spiro atoms. The van der Waals surface area contributed by atoms with E-state index in [1.54, 1.807) is 0 Å². The number of unbranched alkanes of at least 4 members (excludes halogenated alkanes) is 5. The van der Waals surface area contributed by atoms with Crippen molar-refractivity contribution in [1.29, 1.82) is 0 Å². The Balaban J connectivity index is -0.000000344. The number of carbonyl (C=O) groups excluding carboxylic acids is 1. The molecule has 0 aromatic carbocycles. The third-order valence-corrected chi connectivity index (χ3v) is 2.61. The van der Waals surface area contributed by atoms with Crippen LogP contribution in [0.4, 0.5) is 0 Å². The number of ether oxygens (including phenoxy) is 1. The van der Waals surface area contributed by atoms with Crippen LogP contribution >= 0.6 is 0 Å². The first-order chi connectivity index (χ1) is 9.31. The number of rotatable bonds is 12. The summed E-state index contributed by atoms with van der Waals surface area (Å²) in [6, 6.07) is 0. The molecule has 0 heterocycles. The summed E-state index contributed by atoms with van der Waals surface area (Å²) in [6.07, 6.45) is 7.41. The molecule has 4 heteroatoms. The Morgan fingerprint density at radius 1 is 1.00 bits per heavy atom. The zero-order chi connectivity index (χ0) is 14.8. The molecule has 0 atom stereocenters. The minimum absolute atomic E-state index is 0. The molecule has 0 aliphatic carbocycles. The number of hydrogen-bond donors (Lipinski definition) is 2. The minimum Gasteiger partial charge on any atom is -0.372 e. The summed E-state index contributed by atoms with van der Waals surface area (Å²) in [7, 11) is 1.99. The van der Waals surface area contributed by atoms with E-state index in [1.165, 1.54) is 32.1 Å². The van der Waals surface area contributed by atoms with Crippen LogP contribution < -0.4 is 10.6 Å². The van der Waals surface area contributed by atoms with Crippen LogP contribution in [0.5, 0.6) is 0 Å². The Hall–Kier alpha value is -0.610. The van der Waals surface area contributed by atoms with E-state index in [0.29, 0.717) is 6.61 Å². The van der Waals surface area contributed by atoms with E-state index < -0.39 is 0 Å². The summed E-state index contributed by atoms with van der Waals surface area (Å²) < 4.78 is 5.01. The van der Waals surface area contributed by atoms with Gasteiger partial charge in [0.1, 0.15) is 6.61 Å². The van der Waals surface area contributed by atoms with Gasteiger partial charge in [0.2, 0.25) is 5.91 Å². The molecule has 0 bridgehead atoms. The van der Waals surface area contributed by atoms with Crippen molar-refractivity contribution in [2.24, 2.45) is 0 Å². The fourth-order valence-corrected chi connectivity index (χ4v) is 1.61. The molecule has 0 saturated heterocycles. The van der Waals surface area contributed by atoms with Gasteiger partial charge in [0, 0.05) is 16.0 Å². The highest BCUT2D eigenvalue weighted by atomic mass is 16.5.